The molecule has 1 unspecified atom stereocenters. The van der Waals surface area contributed by atoms with Crippen molar-refractivity contribution in [1.82, 2.24) is 15.0 Å². The first-order chi connectivity index (χ1) is 8.20. The summed E-state index contributed by atoms with van der Waals surface area (Å²) < 4.78 is 1.77. The third kappa shape index (κ3) is 2.71. The summed E-state index contributed by atoms with van der Waals surface area (Å²) in [4.78, 5) is 0. The van der Waals surface area contributed by atoms with Gasteiger partial charge in [0.2, 0.25) is 0 Å². The first-order valence-corrected chi connectivity index (χ1v) is 5.95. The van der Waals surface area contributed by atoms with Crippen molar-refractivity contribution in [2.75, 3.05) is 0 Å². The van der Waals surface area contributed by atoms with Gasteiger partial charge in [0.05, 0.1) is 23.6 Å². The van der Waals surface area contributed by atoms with Crippen LogP contribution in [-0.4, -0.2) is 15.0 Å². The van der Waals surface area contributed by atoms with Crippen LogP contribution in [-0.2, 0) is 0 Å². The summed E-state index contributed by atoms with van der Waals surface area (Å²) in [7, 11) is 0. The molecule has 0 radical (unpaired) electrons. The molecule has 2 N–H and O–H groups in total. The maximum atomic E-state index is 6.01. The number of nitrogens with zero attached hydrogens (tertiary/aromatic N) is 3. The van der Waals surface area contributed by atoms with Gasteiger partial charge in [-0.2, -0.15) is 0 Å². The number of hydrogen-bond donors (Lipinski definition) is 1. The largest absolute Gasteiger partial charge is 0.323 e. The quantitative estimate of drug-likeness (QED) is 0.877. The van der Waals surface area contributed by atoms with Crippen molar-refractivity contribution < 1.29 is 0 Å². The van der Waals surface area contributed by atoms with Gasteiger partial charge in [-0.1, -0.05) is 36.3 Å². The predicted molar refractivity (Wildman–Crippen MR) is 67.9 cm³/mol. The number of rotatable bonds is 4. The highest BCUT2D eigenvalue weighted by atomic mass is 15.4. The summed E-state index contributed by atoms with van der Waals surface area (Å²) in [5.74, 6) is 0. The zero-order valence-electron chi connectivity index (χ0n) is 10.3. The van der Waals surface area contributed by atoms with Gasteiger partial charge in [-0.3, -0.25) is 0 Å². The van der Waals surface area contributed by atoms with E-state index in [1.165, 1.54) is 5.56 Å². The molecule has 0 spiro atoms. The fraction of sp³-hybridized carbons (Fsp3) is 0.385. The summed E-state index contributed by atoms with van der Waals surface area (Å²) in [6.45, 7) is 4.18. The first-order valence-electron chi connectivity index (χ1n) is 5.95. The fourth-order valence-electron chi connectivity index (χ4n) is 1.73. The van der Waals surface area contributed by atoms with Crippen molar-refractivity contribution in [1.29, 1.82) is 0 Å². The molecule has 2 rings (SSSR count). The lowest BCUT2D eigenvalue weighted by Crippen LogP contribution is -2.09. The van der Waals surface area contributed by atoms with Crippen LogP contribution in [0.25, 0.3) is 5.69 Å². The van der Waals surface area contributed by atoms with Crippen molar-refractivity contribution in [2.24, 2.45) is 5.73 Å². The Morgan fingerprint density at radius 3 is 2.65 bits per heavy atom. The Morgan fingerprint density at radius 1 is 1.29 bits per heavy atom. The molecule has 0 saturated heterocycles. The van der Waals surface area contributed by atoms with E-state index in [0.717, 1.165) is 24.2 Å². The van der Waals surface area contributed by atoms with Crippen molar-refractivity contribution in [2.45, 2.75) is 32.7 Å². The normalized spacial score (nSPS) is 12.6. The molecule has 4 nitrogen and oxygen atoms in total. The van der Waals surface area contributed by atoms with E-state index in [1.807, 2.05) is 18.3 Å². The van der Waals surface area contributed by atoms with Crippen LogP contribution in [0.3, 0.4) is 0 Å². The van der Waals surface area contributed by atoms with Crippen molar-refractivity contribution in [3.05, 3.63) is 41.7 Å². The lowest BCUT2D eigenvalue weighted by Gasteiger charge is -2.04. The number of benzene rings is 1. The van der Waals surface area contributed by atoms with Gasteiger partial charge in [0.25, 0.3) is 0 Å². The van der Waals surface area contributed by atoms with E-state index >= 15 is 0 Å². The molecule has 1 aromatic heterocycles. The maximum absolute atomic E-state index is 6.01. The minimum Gasteiger partial charge on any atom is -0.323 e. The predicted octanol–water partition coefficient (Wildman–Crippen LogP) is 2.38. The van der Waals surface area contributed by atoms with Crippen LogP contribution in [0.1, 0.15) is 37.1 Å². The monoisotopic (exact) mass is 230 g/mol. The molecule has 0 fully saturated rings. The molecule has 1 aromatic carbocycles. The van der Waals surface area contributed by atoms with Crippen molar-refractivity contribution in [3.8, 4) is 5.69 Å². The maximum Gasteiger partial charge on any atom is 0.0998 e. The van der Waals surface area contributed by atoms with Gasteiger partial charge in [0.15, 0.2) is 0 Å². The summed E-state index contributed by atoms with van der Waals surface area (Å²) >= 11 is 0. The topological polar surface area (TPSA) is 56.7 Å². The second kappa shape index (κ2) is 5.10. The van der Waals surface area contributed by atoms with Crippen molar-refractivity contribution in [3.63, 3.8) is 0 Å². The zero-order chi connectivity index (χ0) is 12.3. The van der Waals surface area contributed by atoms with Crippen LogP contribution in [0, 0.1) is 6.92 Å². The summed E-state index contributed by atoms with van der Waals surface area (Å²) in [5, 5.41) is 8.23. The molecular weight excluding hydrogens is 212 g/mol. The van der Waals surface area contributed by atoms with Gasteiger partial charge in [-0.15, -0.1) is 5.10 Å². The summed E-state index contributed by atoms with van der Waals surface area (Å²) in [6, 6.07) is 8.16. The third-order valence-electron chi connectivity index (χ3n) is 2.79. The SMILES string of the molecule is CCCC(N)c1cn(-c2ccc(C)cc2)nn1. The molecule has 1 heterocycles. The van der Waals surface area contributed by atoms with E-state index in [9.17, 15) is 0 Å². The van der Waals surface area contributed by atoms with E-state index in [2.05, 4.69) is 36.3 Å². The molecule has 0 amide bonds. The van der Waals surface area contributed by atoms with Crippen LogP contribution < -0.4 is 5.73 Å². The minimum absolute atomic E-state index is 0.0146. The molecule has 4 heteroatoms. The van der Waals surface area contributed by atoms with Crippen LogP contribution in [0.4, 0.5) is 0 Å². The Bertz CT molecular complexity index is 472. The minimum atomic E-state index is -0.0146. The van der Waals surface area contributed by atoms with Gasteiger partial charge in [0, 0.05) is 0 Å². The Labute approximate surface area is 101 Å². The first kappa shape index (κ1) is 11.8. The second-order valence-corrected chi connectivity index (χ2v) is 4.32. The average Bonchev–Trinajstić information content (AvgIpc) is 2.80. The van der Waals surface area contributed by atoms with E-state index in [1.54, 1.807) is 4.68 Å². The molecular formula is C13H18N4. The van der Waals surface area contributed by atoms with E-state index < -0.39 is 0 Å². The van der Waals surface area contributed by atoms with Crippen LogP contribution in [0.2, 0.25) is 0 Å². The van der Waals surface area contributed by atoms with Gasteiger partial charge in [-0.05, 0) is 25.5 Å². The molecule has 17 heavy (non-hydrogen) atoms. The number of hydrogen-bond acceptors (Lipinski definition) is 3. The number of aryl methyl sites for hydroxylation is 1. The Morgan fingerprint density at radius 2 is 2.00 bits per heavy atom. The highest BCUT2D eigenvalue weighted by Crippen LogP contribution is 2.14. The van der Waals surface area contributed by atoms with Gasteiger partial charge < -0.3 is 5.73 Å². The molecule has 0 saturated carbocycles. The van der Waals surface area contributed by atoms with Crippen molar-refractivity contribution >= 4 is 0 Å². The Balaban J connectivity index is 2.20. The third-order valence-corrected chi connectivity index (χ3v) is 2.79. The second-order valence-electron chi connectivity index (χ2n) is 4.32. The zero-order valence-corrected chi connectivity index (χ0v) is 10.3. The van der Waals surface area contributed by atoms with Gasteiger partial charge in [0.1, 0.15) is 0 Å². The van der Waals surface area contributed by atoms with Gasteiger partial charge >= 0.3 is 0 Å². The molecule has 0 aliphatic carbocycles. The lowest BCUT2D eigenvalue weighted by molar-refractivity contribution is 0.619. The van der Waals surface area contributed by atoms with Crippen LogP contribution >= 0.6 is 0 Å². The molecule has 2 aromatic rings. The van der Waals surface area contributed by atoms with Crippen LogP contribution in [0.5, 0.6) is 0 Å². The highest BCUT2D eigenvalue weighted by Gasteiger charge is 2.10. The molecule has 0 bridgehead atoms. The van der Waals surface area contributed by atoms with E-state index in [-0.39, 0.29) is 6.04 Å². The number of nitrogens with two attached hydrogens (primary N) is 1. The Hall–Kier alpha value is -1.68. The summed E-state index contributed by atoms with van der Waals surface area (Å²) in [5.41, 5.74) is 9.10. The molecule has 1 atom stereocenters. The molecule has 0 aliphatic rings. The standard InChI is InChI=1S/C13H18N4/c1-3-4-12(14)13-9-17(16-15-13)11-7-5-10(2)6-8-11/h5-9,12H,3-4,14H2,1-2H3. The molecule has 0 aliphatic heterocycles. The van der Waals surface area contributed by atoms with E-state index in [4.69, 9.17) is 5.73 Å². The van der Waals surface area contributed by atoms with E-state index in [0.29, 0.717) is 0 Å². The van der Waals surface area contributed by atoms with Gasteiger partial charge in [-0.25, -0.2) is 4.68 Å². The average molecular weight is 230 g/mol. The number of aromatic nitrogens is 3. The lowest BCUT2D eigenvalue weighted by atomic mass is 10.1. The smallest absolute Gasteiger partial charge is 0.0998 e. The van der Waals surface area contributed by atoms with Crippen LogP contribution in [0.15, 0.2) is 30.5 Å². The fourth-order valence-corrected chi connectivity index (χ4v) is 1.73. The Kier molecular flexibility index (Phi) is 3.54. The summed E-state index contributed by atoms with van der Waals surface area (Å²) in [6.07, 6.45) is 3.90. The highest BCUT2D eigenvalue weighted by molar-refractivity contribution is 5.33. The molecule has 90 valence electrons.